The van der Waals surface area contributed by atoms with E-state index in [0.717, 1.165) is 30.6 Å². The maximum Gasteiger partial charge on any atom is 0.401 e. The van der Waals surface area contributed by atoms with Crippen LogP contribution in [0.1, 0.15) is 32.1 Å². The summed E-state index contributed by atoms with van der Waals surface area (Å²) < 4.78 is 66.9. The lowest BCUT2D eigenvalue weighted by Gasteiger charge is -2.36. The first kappa shape index (κ1) is 21.4. The van der Waals surface area contributed by atoms with Gasteiger partial charge in [0.15, 0.2) is 9.84 Å². The number of methoxy groups -OCH3 is 1. The number of hydrogen-bond acceptors (Lipinski definition) is 5. The quantitative estimate of drug-likeness (QED) is 0.617. The number of halogens is 3. The minimum Gasteiger partial charge on any atom is -0.383 e. The average Bonchev–Trinajstić information content (AvgIpc) is 3.14. The third-order valence-electron chi connectivity index (χ3n) is 4.98. The summed E-state index contributed by atoms with van der Waals surface area (Å²) in [7, 11) is -1.79. The molecule has 0 N–H and O–H groups in total. The van der Waals surface area contributed by atoms with Gasteiger partial charge in [0, 0.05) is 25.7 Å². The highest BCUT2D eigenvalue weighted by molar-refractivity contribution is 7.91. The van der Waals surface area contributed by atoms with Crippen molar-refractivity contribution in [1.29, 1.82) is 0 Å². The van der Waals surface area contributed by atoms with Crippen LogP contribution in [0.5, 0.6) is 0 Å². The molecule has 152 valence electrons. The standard InChI is InChI=1S/C16H27F3N2O4S/c1-25-8-7-20(12-16(17,18)19)10-15(22)21(13-4-2-3-5-13)14-6-9-26(23,24)11-14/h13-14H,2-12H2,1H3. The molecule has 1 unspecified atom stereocenters. The van der Waals surface area contributed by atoms with E-state index < -0.39 is 34.5 Å². The molecule has 2 rings (SSSR count). The fraction of sp³-hybridized carbons (Fsp3) is 0.938. The van der Waals surface area contributed by atoms with Gasteiger partial charge < -0.3 is 9.64 Å². The van der Waals surface area contributed by atoms with Crippen molar-refractivity contribution in [2.24, 2.45) is 0 Å². The molecule has 0 spiro atoms. The number of sulfone groups is 1. The van der Waals surface area contributed by atoms with E-state index in [4.69, 9.17) is 4.74 Å². The molecule has 1 aliphatic carbocycles. The van der Waals surface area contributed by atoms with Gasteiger partial charge in [-0.15, -0.1) is 0 Å². The van der Waals surface area contributed by atoms with Crippen molar-refractivity contribution in [2.75, 3.05) is 44.9 Å². The highest BCUT2D eigenvalue weighted by Crippen LogP contribution is 2.29. The third kappa shape index (κ3) is 6.38. The molecule has 1 saturated heterocycles. The van der Waals surface area contributed by atoms with Gasteiger partial charge in [0.05, 0.1) is 31.2 Å². The Morgan fingerprint density at radius 3 is 2.31 bits per heavy atom. The predicted octanol–water partition coefficient (Wildman–Crippen LogP) is 1.46. The van der Waals surface area contributed by atoms with Crippen molar-refractivity contribution in [3.05, 3.63) is 0 Å². The van der Waals surface area contributed by atoms with E-state index in [0.29, 0.717) is 6.42 Å². The molecule has 0 aromatic carbocycles. The molecule has 2 aliphatic rings. The minimum absolute atomic E-state index is 0.0107. The van der Waals surface area contributed by atoms with Crippen LogP contribution in [-0.2, 0) is 19.4 Å². The average molecular weight is 400 g/mol. The Kier molecular flexibility index (Phi) is 7.32. The lowest BCUT2D eigenvalue weighted by Crippen LogP contribution is -2.52. The summed E-state index contributed by atoms with van der Waals surface area (Å²) >= 11 is 0. The van der Waals surface area contributed by atoms with Crippen LogP contribution >= 0.6 is 0 Å². The number of amides is 1. The first-order chi connectivity index (χ1) is 12.1. The molecular weight excluding hydrogens is 373 g/mol. The molecule has 1 saturated carbocycles. The van der Waals surface area contributed by atoms with Gasteiger partial charge in [-0.05, 0) is 19.3 Å². The Morgan fingerprint density at radius 1 is 1.15 bits per heavy atom. The van der Waals surface area contributed by atoms with Gasteiger partial charge in [0.2, 0.25) is 5.91 Å². The van der Waals surface area contributed by atoms with Crippen molar-refractivity contribution < 1.29 is 31.1 Å². The van der Waals surface area contributed by atoms with Crippen LogP contribution in [0, 0.1) is 0 Å². The van der Waals surface area contributed by atoms with E-state index >= 15 is 0 Å². The van der Waals surface area contributed by atoms with E-state index in [9.17, 15) is 26.4 Å². The van der Waals surface area contributed by atoms with Crippen molar-refractivity contribution in [3.8, 4) is 0 Å². The van der Waals surface area contributed by atoms with Gasteiger partial charge >= 0.3 is 6.18 Å². The van der Waals surface area contributed by atoms with Crippen molar-refractivity contribution in [1.82, 2.24) is 9.80 Å². The van der Waals surface area contributed by atoms with Crippen LogP contribution in [0.3, 0.4) is 0 Å². The Bertz CT molecular complexity index is 577. The number of rotatable bonds is 8. The monoisotopic (exact) mass is 400 g/mol. The zero-order valence-corrected chi connectivity index (χ0v) is 15.8. The van der Waals surface area contributed by atoms with Crippen LogP contribution in [0.15, 0.2) is 0 Å². The van der Waals surface area contributed by atoms with Gasteiger partial charge in [-0.3, -0.25) is 9.69 Å². The van der Waals surface area contributed by atoms with Crippen molar-refractivity contribution in [3.63, 3.8) is 0 Å². The van der Waals surface area contributed by atoms with Crippen LogP contribution in [0.25, 0.3) is 0 Å². The van der Waals surface area contributed by atoms with Gasteiger partial charge in [-0.1, -0.05) is 12.8 Å². The summed E-state index contributed by atoms with van der Waals surface area (Å²) in [5.74, 6) is -0.476. The SMILES string of the molecule is COCCN(CC(=O)N(C1CCCC1)C1CCS(=O)(=O)C1)CC(F)(F)F. The summed E-state index contributed by atoms with van der Waals surface area (Å²) in [5, 5.41) is 0. The molecule has 1 atom stereocenters. The first-order valence-corrected chi connectivity index (χ1v) is 10.7. The first-order valence-electron chi connectivity index (χ1n) is 8.91. The topological polar surface area (TPSA) is 66.9 Å². The maximum absolute atomic E-state index is 12.9. The summed E-state index contributed by atoms with van der Waals surface area (Å²) in [4.78, 5) is 15.5. The van der Waals surface area contributed by atoms with E-state index in [1.54, 1.807) is 4.90 Å². The Balaban J connectivity index is 2.10. The number of ether oxygens (including phenoxy) is 1. The molecule has 0 radical (unpaired) electrons. The number of hydrogen-bond donors (Lipinski definition) is 0. The lowest BCUT2D eigenvalue weighted by atomic mass is 10.1. The minimum atomic E-state index is -4.41. The molecule has 0 aromatic heterocycles. The molecule has 1 aliphatic heterocycles. The normalized spacial score (nSPS) is 23.7. The summed E-state index contributed by atoms with van der Waals surface area (Å²) in [6.07, 6.45) is -0.599. The Labute approximate surface area is 152 Å². The van der Waals surface area contributed by atoms with E-state index in [-0.39, 0.29) is 37.2 Å². The zero-order valence-electron chi connectivity index (χ0n) is 15.0. The van der Waals surface area contributed by atoms with Gasteiger partial charge in [-0.2, -0.15) is 13.2 Å². The van der Waals surface area contributed by atoms with Crippen molar-refractivity contribution >= 4 is 15.7 Å². The molecule has 26 heavy (non-hydrogen) atoms. The van der Waals surface area contributed by atoms with Crippen LogP contribution < -0.4 is 0 Å². The number of nitrogens with zero attached hydrogens (tertiary/aromatic N) is 2. The second-order valence-electron chi connectivity index (χ2n) is 7.11. The Morgan fingerprint density at radius 2 is 1.81 bits per heavy atom. The number of carbonyl (C=O) groups excluding carboxylic acids is 1. The fourth-order valence-corrected chi connectivity index (χ4v) is 5.55. The second-order valence-corrected chi connectivity index (χ2v) is 9.34. The van der Waals surface area contributed by atoms with Gasteiger partial charge in [-0.25, -0.2) is 8.42 Å². The summed E-state index contributed by atoms with van der Waals surface area (Å²) in [5.41, 5.74) is 0. The molecular formula is C16H27F3N2O4S. The van der Waals surface area contributed by atoms with E-state index in [1.807, 2.05) is 0 Å². The zero-order chi connectivity index (χ0) is 19.4. The van der Waals surface area contributed by atoms with Gasteiger partial charge in [0.1, 0.15) is 0 Å². The molecule has 0 bridgehead atoms. The number of alkyl halides is 3. The second kappa shape index (κ2) is 8.88. The van der Waals surface area contributed by atoms with Crippen molar-refractivity contribution in [2.45, 2.75) is 50.4 Å². The van der Waals surface area contributed by atoms with Crippen LogP contribution in [0.4, 0.5) is 13.2 Å². The van der Waals surface area contributed by atoms with E-state index in [1.165, 1.54) is 7.11 Å². The maximum atomic E-state index is 12.9. The molecule has 1 heterocycles. The molecule has 6 nitrogen and oxygen atoms in total. The molecule has 2 fully saturated rings. The molecule has 10 heteroatoms. The van der Waals surface area contributed by atoms with E-state index in [2.05, 4.69) is 0 Å². The fourth-order valence-electron chi connectivity index (χ4n) is 3.84. The van der Waals surface area contributed by atoms with Crippen LogP contribution in [0.2, 0.25) is 0 Å². The van der Waals surface area contributed by atoms with Gasteiger partial charge in [0.25, 0.3) is 0 Å². The smallest absolute Gasteiger partial charge is 0.383 e. The highest BCUT2D eigenvalue weighted by atomic mass is 32.2. The molecule has 1 amide bonds. The lowest BCUT2D eigenvalue weighted by molar-refractivity contribution is -0.154. The Hall–Kier alpha value is -0.870. The largest absolute Gasteiger partial charge is 0.401 e. The summed E-state index contributed by atoms with van der Waals surface area (Å²) in [6.45, 7) is -1.49. The summed E-state index contributed by atoms with van der Waals surface area (Å²) in [6, 6.07) is -0.498. The molecule has 0 aromatic rings. The third-order valence-corrected chi connectivity index (χ3v) is 6.73. The number of carbonyl (C=O) groups is 1. The van der Waals surface area contributed by atoms with Crippen LogP contribution in [-0.4, -0.2) is 87.2 Å². The predicted molar refractivity (Wildman–Crippen MR) is 90.5 cm³/mol. The highest BCUT2D eigenvalue weighted by Gasteiger charge is 2.40.